The number of aliphatic hydroxyl groups excluding tert-OH is 2. The molecule has 0 amide bonds. The van der Waals surface area contributed by atoms with Crippen molar-refractivity contribution in [2.24, 2.45) is 0 Å². The Bertz CT molecular complexity index is 234. The molecule has 80 valence electrons. The molecule has 0 aliphatic rings. The number of carbonyl (C=O) groups is 2. The number of esters is 2. The van der Waals surface area contributed by atoms with E-state index in [1.54, 1.807) is 6.92 Å². The van der Waals surface area contributed by atoms with E-state index in [2.05, 4.69) is 9.47 Å². The smallest absolute Gasteiger partial charge is 0.343 e. The number of allylic oxidation sites excluding steroid dienone is 1. The zero-order valence-corrected chi connectivity index (χ0v) is 7.84. The molecule has 6 heteroatoms. The van der Waals surface area contributed by atoms with E-state index in [0.717, 1.165) is 13.4 Å². The van der Waals surface area contributed by atoms with Crippen LogP contribution in [0.15, 0.2) is 12.3 Å². The molecule has 2 unspecified atom stereocenters. The van der Waals surface area contributed by atoms with Gasteiger partial charge in [0.05, 0.1) is 13.4 Å². The number of ether oxygens (including phenoxy) is 2. The van der Waals surface area contributed by atoms with Gasteiger partial charge < -0.3 is 19.7 Å². The Morgan fingerprint density at radius 3 is 2.14 bits per heavy atom. The molecule has 0 saturated carbocycles. The minimum absolute atomic E-state index is 1.02. The molecule has 0 aromatic rings. The number of aliphatic hydroxyl groups is 2. The number of hydrogen-bond donors (Lipinski definition) is 2. The molecule has 2 atom stereocenters. The summed E-state index contributed by atoms with van der Waals surface area (Å²) in [5, 5.41) is 18.1. The first-order valence-corrected chi connectivity index (χ1v) is 3.80. The largest absolute Gasteiger partial charge is 0.467 e. The topological polar surface area (TPSA) is 93.1 Å². The lowest BCUT2D eigenvalue weighted by Crippen LogP contribution is -2.40. The Labute approximate surface area is 80.7 Å². The summed E-state index contributed by atoms with van der Waals surface area (Å²) < 4.78 is 8.44. The minimum atomic E-state index is -1.95. The Morgan fingerprint density at radius 1 is 1.21 bits per heavy atom. The van der Waals surface area contributed by atoms with Crippen molar-refractivity contribution in [3.8, 4) is 0 Å². The van der Waals surface area contributed by atoms with Crippen molar-refractivity contribution in [1.82, 2.24) is 0 Å². The molecule has 0 heterocycles. The zero-order valence-electron chi connectivity index (χ0n) is 7.84. The third-order valence-corrected chi connectivity index (χ3v) is 1.30. The summed E-state index contributed by atoms with van der Waals surface area (Å²) in [5.41, 5.74) is 0. The molecule has 14 heavy (non-hydrogen) atoms. The van der Waals surface area contributed by atoms with Gasteiger partial charge in [-0.05, 0) is 6.92 Å². The molecule has 0 fully saturated rings. The van der Waals surface area contributed by atoms with E-state index in [0.29, 0.717) is 0 Å². The minimum Gasteiger partial charge on any atom is -0.467 e. The lowest BCUT2D eigenvalue weighted by molar-refractivity contribution is -0.168. The third-order valence-electron chi connectivity index (χ3n) is 1.30. The van der Waals surface area contributed by atoms with Gasteiger partial charge in [-0.3, -0.25) is 0 Å². The first kappa shape index (κ1) is 12.6. The molecule has 6 nitrogen and oxygen atoms in total. The molecule has 0 spiro atoms. The van der Waals surface area contributed by atoms with E-state index in [4.69, 9.17) is 10.2 Å². The van der Waals surface area contributed by atoms with Crippen molar-refractivity contribution in [2.45, 2.75) is 19.1 Å². The van der Waals surface area contributed by atoms with E-state index >= 15 is 0 Å². The molecule has 0 saturated heterocycles. The van der Waals surface area contributed by atoms with Crippen LogP contribution < -0.4 is 0 Å². The first-order valence-electron chi connectivity index (χ1n) is 3.80. The molecule has 0 aliphatic carbocycles. The molecule has 0 radical (unpaired) electrons. The maximum atomic E-state index is 10.9. The molecule has 0 aliphatic heterocycles. The van der Waals surface area contributed by atoms with Gasteiger partial charge in [0.15, 0.2) is 12.2 Å². The van der Waals surface area contributed by atoms with Crippen molar-refractivity contribution >= 4 is 11.9 Å². The van der Waals surface area contributed by atoms with Crippen LogP contribution >= 0.6 is 0 Å². The maximum absolute atomic E-state index is 10.9. The summed E-state index contributed by atoms with van der Waals surface area (Å²) in [6.07, 6.45) is -1.44. The summed E-state index contributed by atoms with van der Waals surface area (Å²) in [7, 11) is 1.02. The highest BCUT2D eigenvalue weighted by molar-refractivity contribution is 5.85. The second kappa shape index (κ2) is 6.11. The van der Waals surface area contributed by atoms with Crippen molar-refractivity contribution in [1.29, 1.82) is 0 Å². The van der Waals surface area contributed by atoms with E-state index in [-0.39, 0.29) is 0 Å². The molecular formula is C8H12O6. The van der Waals surface area contributed by atoms with Gasteiger partial charge in [0.2, 0.25) is 0 Å². The second-order valence-electron chi connectivity index (χ2n) is 2.32. The van der Waals surface area contributed by atoms with Crippen molar-refractivity contribution in [2.75, 3.05) is 7.11 Å². The monoisotopic (exact) mass is 204 g/mol. The van der Waals surface area contributed by atoms with E-state index < -0.39 is 24.1 Å². The lowest BCUT2D eigenvalue weighted by Gasteiger charge is -2.12. The predicted molar refractivity (Wildman–Crippen MR) is 44.9 cm³/mol. The maximum Gasteiger partial charge on any atom is 0.343 e. The number of rotatable bonds is 4. The van der Waals surface area contributed by atoms with Gasteiger partial charge in [-0.25, -0.2) is 9.59 Å². The second-order valence-corrected chi connectivity index (χ2v) is 2.32. The molecular weight excluding hydrogens is 192 g/mol. The predicted octanol–water partition coefficient (Wildman–Crippen LogP) is -1.04. The van der Waals surface area contributed by atoms with Gasteiger partial charge >= 0.3 is 11.9 Å². The van der Waals surface area contributed by atoms with Crippen molar-refractivity contribution in [3.63, 3.8) is 0 Å². The Morgan fingerprint density at radius 2 is 1.71 bits per heavy atom. The van der Waals surface area contributed by atoms with Gasteiger partial charge in [-0.2, -0.15) is 0 Å². The summed E-state index contributed by atoms with van der Waals surface area (Å²) in [6, 6.07) is 0. The van der Waals surface area contributed by atoms with E-state index in [9.17, 15) is 9.59 Å². The summed E-state index contributed by atoms with van der Waals surface area (Å²) in [6.45, 7) is 1.59. The number of hydrogen-bond acceptors (Lipinski definition) is 6. The van der Waals surface area contributed by atoms with Crippen molar-refractivity contribution in [3.05, 3.63) is 12.3 Å². The SMILES string of the molecule is CC=COC(=O)C(O)C(O)C(=O)OC. The molecule has 0 aromatic heterocycles. The van der Waals surface area contributed by atoms with Gasteiger partial charge in [-0.15, -0.1) is 0 Å². The van der Waals surface area contributed by atoms with Crippen LogP contribution in [0, 0.1) is 0 Å². The van der Waals surface area contributed by atoms with Crippen LogP contribution in [0.3, 0.4) is 0 Å². The van der Waals surface area contributed by atoms with Crippen molar-refractivity contribution < 1.29 is 29.3 Å². The Hall–Kier alpha value is -1.40. The van der Waals surface area contributed by atoms with Crippen LogP contribution in [0.2, 0.25) is 0 Å². The molecule has 0 aromatic carbocycles. The normalized spacial score (nSPS) is 14.9. The van der Waals surface area contributed by atoms with Gasteiger partial charge in [0, 0.05) is 0 Å². The Kier molecular flexibility index (Phi) is 5.50. The van der Waals surface area contributed by atoms with Crippen LogP contribution in [0.5, 0.6) is 0 Å². The quantitative estimate of drug-likeness (QED) is 0.448. The molecule has 0 bridgehead atoms. The Balaban J connectivity index is 4.23. The van der Waals surface area contributed by atoms with Gasteiger partial charge in [-0.1, -0.05) is 6.08 Å². The highest BCUT2D eigenvalue weighted by atomic mass is 16.6. The molecule has 0 rings (SSSR count). The standard InChI is InChI=1S/C8H12O6/c1-3-4-14-8(12)6(10)5(9)7(11)13-2/h3-6,9-10H,1-2H3. The van der Waals surface area contributed by atoms with Crippen LogP contribution in [0.1, 0.15) is 6.92 Å². The summed E-state index contributed by atoms with van der Waals surface area (Å²) in [5.74, 6) is -2.23. The van der Waals surface area contributed by atoms with E-state index in [1.807, 2.05) is 0 Å². The number of carbonyl (C=O) groups excluding carboxylic acids is 2. The number of methoxy groups -OCH3 is 1. The van der Waals surface area contributed by atoms with Gasteiger partial charge in [0.1, 0.15) is 0 Å². The fourth-order valence-corrected chi connectivity index (χ4v) is 0.583. The fourth-order valence-electron chi connectivity index (χ4n) is 0.583. The van der Waals surface area contributed by atoms with Crippen LogP contribution in [-0.2, 0) is 19.1 Å². The molecule has 2 N–H and O–H groups in total. The fraction of sp³-hybridized carbons (Fsp3) is 0.500. The van der Waals surface area contributed by atoms with Crippen LogP contribution in [0.4, 0.5) is 0 Å². The average Bonchev–Trinajstić information content (AvgIpc) is 2.22. The lowest BCUT2D eigenvalue weighted by atomic mass is 10.2. The van der Waals surface area contributed by atoms with Crippen LogP contribution in [0.25, 0.3) is 0 Å². The third kappa shape index (κ3) is 3.55. The summed E-state index contributed by atoms with van der Waals surface area (Å²) in [4.78, 5) is 21.5. The summed E-state index contributed by atoms with van der Waals surface area (Å²) >= 11 is 0. The van der Waals surface area contributed by atoms with Gasteiger partial charge in [0.25, 0.3) is 0 Å². The zero-order chi connectivity index (χ0) is 11.1. The first-order chi connectivity index (χ1) is 6.54. The van der Waals surface area contributed by atoms with E-state index in [1.165, 1.54) is 6.08 Å². The highest BCUT2D eigenvalue weighted by Crippen LogP contribution is 1.99. The van der Waals surface area contributed by atoms with Crippen LogP contribution in [-0.4, -0.2) is 41.5 Å². The average molecular weight is 204 g/mol. The highest BCUT2D eigenvalue weighted by Gasteiger charge is 2.31.